The summed E-state index contributed by atoms with van der Waals surface area (Å²) in [5.41, 5.74) is 16.1. The van der Waals surface area contributed by atoms with Crippen molar-refractivity contribution in [3.63, 3.8) is 0 Å². The van der Waals surface area contributed by atoms with Gasteiger partial charge in [0, 0.05) is 16.3 Å². The number of nitrogens with zero attached hydrogens (tertiary/aromatic N) is 2. The Labute approximate surface area is 308 Å². The van der Waals surface area contributed by atoms with Gasteiger partial charge in [-0.15, -0.1) is 0 Å². The molecule has 10 aromatic rings. The minimum atomic E-state index is 0.821. The molecule has 0 saturated carbocycles. The maximum Gasteiger partial charge on any atom is 0.149 e. The third-order valence-corrected chi connectivity index (χ3v) is 10.4. The third kappa shape index (κ3) is 5.25. The van der Waals surface area contributed by atoms with Crippen LogP contribution in [0.2, 0.25) is 0 Å². The Morgan fingerprint density at radius 3 is 1.83 bits per heavy atom. The first-order chi connectivity index (χ1) is 26.2. The van der Waals surface area contributed by atoms with Gasteiger partial charge in [0.25, 0.3) is 0 Å². The molecule has 0 aliphatic rings. The summed E-state index contributed by atoms with van der Waals surface area (Å²) < 4.78 is 9.34. The van der Waals surface area contributed by atoms with Crippen LogP contribution in [-0.4, -0.2) is 9.55 Å². The van der Waals surface area contributed by atoms with E-state index in [2.05, 4.69) is 200 Å². The zero-order chi connectivity index (χ0) is 35.3. The Morgan fingerprint density at radius 1 is 0.453 bits per heavy atom. The molecule has 0 fully saturated rings. The number of fused-ring (bicyclic) bond motifs is 4. The fraction of sp³-hybridized carbons (Fsp3) is 0.0200. The summed E-state index contributed by atoms with van der Waals surface area (Å²) in [5.74, 6) is 0.832. The van der Waals surface area contributed by atoms with E-state index in [4.69, 9.17) is 9.40 Å². The van der Waals surface area contributed by atoms with Crippen LogP contribution in [-0.2, 0) is 0 Å². The molecule has 3 heteroatoms. The summed E-state index contributed by atoms with van der Waals surface area (Å²) in [5, 5.41) is 2.17. The Kier molecular flexibility index (Phi) is 7.36. The summed E-state index contributed by atoms with van der Waals surface area (Å²) in [6.07, 6.45) is 0. The van der Waals surface area contributed by atoms with Gasteiger partial charge in [0.05, 0.1) is 22.3 Å². The topological polar surface area (TPSA) is 31.0 Å². The highest BCUT2D eigenvalue weighted by atomic mass is 16.3. The molecule has 8 aromatic carbocycles. The van der Waals surface area contributed by atoms with E-state index in [0.29, 0.717) is 0 Å². The van der Waals surface area contributed by atoms with Gasteiger partial charge in [-0.05, 0) is 93.9 Å². The van der Waals surface area contributed by atoms with Crippen molar-refractivity contribution in [1.29, 1.82) is 0 Å². The van der Waals surface area contributed by atoms with Gasteiger partial charge in [-0.3, -0.25) is 4.57 Å². The number of para-hydroxylation sites is 2. The number of rotatable bonds is 6. The van der Waals surface area contributed by atoms with Crippen LogP contribution in [0.15, 0.2) is 192 Å². The molecule has 0 spiro atoms. The summed E-state index contributed by atoms with van der Waals surface area (Å²) in [6.45, 7) is 2.16. The molecule has 0 aliphatic carbocycles. The molecule has 250 valence electrons. The number of benzene rings is 8. The quantitative estimate of drug-likeness (QED) is 0.175. The first kappa shape index (κ1) is 30.8. The van der Waals surface area contributed by atoms with E-state index in [1.807, 2.05) is 0 Å². The number of aromatic nitrogens is 2. The number of furan rings is 1. The maximum atomic E-state index is 7.03. The molecule has 0 amide bonds. The molecule has 0 aliphatic heterocycles. The Bertz CT molecular complexity index is 2940. The van der Waals surface area contributed by atoms with Gasteiger partial charge in [0.15, 0.2) is 0 Å². The first-order valence-corrected chi connectivity index (χ1v) is 18.0. The first-order valence-electron chi connectivity index (χ1n) is 18.0. The molecule has 10 rings (SSSR count). The van der Waals surface area contributed by atoms with Gasteiger partial charge < -0.3 is 4.42 Å². The van der Waals surface area contributed by atoms with Crippen molar-refractivity contribution in [3.05, 3.63) is 194 Å². The van der Waals surface area contributed by atoms with Crippen molar-refractivity contribution in [2.45, 2.75) is 6.92 Å². The molecule has 2 aromatic heterocycles. The van der Waals surface area contributed by atoms with Gasteiger partial charge >= 0.3 is 0 Å². The van der Waals surface area contributed by atoms with Crippen molar-refractivity contribution in [2.75, 3.05) is 0 Å². The van der Waals surface area contributed by atoms with E-state index >= 15 is 0 Å². The maximum absolute atomic E-state index is 7.03. The predicted octanol–water partition coefficient (Wildman–Crippen LogP) is 13.6. The van der Waals surface area contributed by atoms with Crippen molar-refractivity contribution >= 4 is 33.0 Å². The van der Waals surface area contributed by atoms with Crippen LogP contribution in [0.4, 0.5) is 0 Å². The lowest BCUT2D eigenvalue weighted by atomic mass is 9.95. The Morgan fingerprint density at radius 2 is 1.08 bits per heavy atom. The normalized spacial score (nSPS) is 11.5. The minimum absolute atomic E-state index is 0.821. The van der Waals surface area contributed by atoms with E-state index < -0.39 is 0 Å². The summed E-state index contributed by atoms with van der Waals surface area (Å²) in [7, 11) is 0. The fourth-order valence-electron chi connectivity index (χ4n) is 7.82. The molecule has 2 heterocycles. The number of hydrogen-bond acceptors (Lipinski definition) is 2. The standard InChI is InChI=1S/C50H34N2O/c1-33-15-11-12-22-39(33)38-25-27-41-47(32-38)53-49-42(29-28-40(48(41)49)35-18-7-3-8-19-35)50-51-44-23-13-14-24-46(44)52(50)45-30-26-37(34-16-5-2-6-17-34)31-43(45)36-20-9-4-10-21-36/h2-32H,1H3. The molecule has 0 radical (unpaired) electrons. The van der Waals surface area contributed by atoms with Crippen molar-refractivity contribution in [3.8, 4) is 61.6 Å². The lowest BCUT2D eigenvalue weighted by Gasteiger charge is -2.17. The lowest BCUT2D eigenvalue weighted by Crippen LogP contribution is -2.01. The van der Waals surface area contributed by atoms with Crippen LogP contribution in [0.25, 0.3) is 94.6 Å². The smallest absolute Gasteiger partial charge is 0.149 e. The average molecular weight is 679 g/mol. The summed E-state index contributed by atoms with van der Waals surface area (Å²) in [6, 6.07) is 66.6. The number of imidazole rings is 1. The number of hydrogen-bond donors (Lipinski definition) is 0. The average Bonchev–Trinajstić information content (AvgIpc) is 3.80. The van der Waals surface area contributed by atoms with Crippen LogP contribution in [0, 0.1) is 6.92 Å². The fourth-order valence-corrected chi connectivity index (χ4v) is 7.82. The predicted molar refractivity (Wildman–Crippen MR) is 220 cm³/mol. The highest BCUT2D eigenvalue weighted by Gasteiger charge is 2.24. The third-order valence-electron chi connectivity index (χ3n) is 10.4. The second-order valence-corrected chi connectivity index (χ2v) is 13.6. The lowest BCUT2D eigenvalue weighted by molar-refractivity contribution is 0.669. The van der Waals surface area contributed by atoms with Crippen molar-refractivity contribution in [1.82, 2.24) is 9.55 Å². The molecule has 0 saturated heterocycles. The highest BCUT2D eigenvalue weighted by molar-refractivity contribution is 6.16. The Balaban J connectivity index is 1.27. The van der Waals surface area contributed by atoms with Gasteiger partial charge in [-0.1, -0.05) is 146 Å². The molecule has 0 N–H and O–H groups in total. The molecular formula is C50H34N2O. The summed E-state index contributed by atoms with van der Waals surface area (Å²) in [4.78, 5) is 5.38. The van der Waals surface area contributed by atoms with Crippen LogP contribution < -0.4 is 0 Å². The molecule has 0 bridgehead atoms. The van der Waals surface area contributed by atoms with E-state index in [0.717, 1.165) is 83.4 Å². The molecule has 53 heavy (non-hydrogen) atoms. The second-order valence-electron chi connectivity index (χ2n) is 13.6. The highest BCUT2D eigenvalue weighted by Crippen LogP contribution is 2.45. The molecule has 0 unspecified atom stereocenters. The SMILES string of the molecule is Cc1ccccc1-c1ccc2c(c1)oc1c(-c3nc4ccccc4n3-c3ccc(-c4ccccc4)cc3-c3ccccc3)ccc(-c3ccccc3)c12. The zero-order valence-electron chi connectivity index (χ0n) is 29.2. The largest absolute Gasteiger partial charge is 0.455 e. The van der Waals surface area contributed by atoms with E-state index in [1.165, 1.54) is 16.7 Å². The minimum Gasteiger partial charge on any atom is -0.455 e. The van der Waals surface area contributed by atoms with Gasteiger partial charge in [0.1, 0.15) is 17.0 Å². The van der Waals surface area contributed by atoms with E-state index in [9.17, 15) is 0 Å². The van der Waals surface area contributed by atoms with Gasteiger partial charge in [0.2, 0.25) is 0 Å². The number of aryl methyl sites for hydroxylation is 1. The van der Waals surface area contributed by atoms with Gasteiger partial charge in [-0.2, -0.15) is 0 Å². The monoisotopic (exact) mass is 678 g/mol. The van der Waals surface area contributed by atoms with Crippen LogP contribution in [0.5, 0.6) is 0 Å². The molecular weight excluding hydrogens is 645 g/mol. The second kappa shape index (κ2) is 12.7. The summed E-state index contributed by atoms with van der Waals surface area (Å²) >= 11 is 0. The van der Waals surface area contributed by atoms with E-state index in [1.54, 1.807) is 0 Å². The molecule has 0 atom stereocenters. The van der Waals surface area contributed by atoms with Crippen molar-refractivity contribution in [2.24, 2.45) is 0 Å². The molecule has 3 nitrogen and oxygen atoms in total. The Hall–Kier alpha value is -6.97. The van der Waals surface area contributed by atoms with Crippen LogP contribution in [0.1, 0.15) is 5.56 Å². The van der Waals surface area contributed by atoms with Crippen molar-refractivity contribution < 1.29 is 4.42 Å². The zero-order valence-corrected chi connectivity index (χ0v) is 29.2. The van der Waals surface area contributed by atoms with Crippen LogP contribution in [0.3, 0.4) is 0 Å². The van der Waals surface area contributed by atoms with E-state index in [-0.39, 0.29) is 0 Å². The van der Waals surface area contributed by atoms with Gasteiger partial charge in [-0.25, -0.2) is 4.98 Å². The van der Waals surface area contributed by atoms with Crippen LogP contribution >= 0.6 is 0 Å².